The van der Waals surface area contributed by atoms with E-state index in [0.717, 1.165) is 30.0 Å². The van der Waals surface area contributed by atoms with Gasteiger partial charge in [0.05, 0.1) is 0 Å². The molecule has 2 aromatic rings. The molecule has 3 rings (SSSR count). The molecule has 0 aromatic carbocycles. The first-order chi connectivity index (χ1) is 11.6. The molecule has 1 aliphatic carbocycles. The van der Waals surface area contributed by atoms with E-state index in [-0.39, 0.29) is 6.03 Å². The van der Waals surface area contributed by atoms with Crippen LogP contribution in [0.15, 0.2) is 30.7 Å². The second-order valence-electron chi connectivity index (χ2n) is 6.66. The predicted octanol–water partition coefficient (Wildman–Crippen LogP) is 2.95. The highest BCUT2D eigenvalue weighted by molar-refractivity contribution is 5.74. The van der Waals surface area contributed by atoms with Crippen LogP contribution in [0.1, 0.15) is 44.0 Å². The first-order valence-electron chi connectivity index (χ1n) is 8.61. The van der Waals surface area contributed by atoms with Gasteiger partial charge in [0.25, 0.3) is 0 Å². The van der Waals surface area contributed by atoms with Crippen molar-refractivity contribution in [1.82, 2.24) is 25.2 Å². The molecule has 0 unspecified atom stereocenters. The van der Waals surface area contributed by atoms with Crippen LogP contribution in [0.25, 0.3) is 5.82 Å². The van der Waals surface area contributed by atoms with Crippen molar-refractivity contribution in [3.63, 3.8) is 0 Å². The number of aryl methyl sites for hydroxylation is 1. The molecule has 2 aromatic heterocycles. The molecule has 24 heavy (non-hydrogen) atoms. The number of carbonyl (C=O) groups excluding carboxylic acids is 1. The molecule has 128 valence electrons. The zero-order valence-corrected chi connectivity index (χ0v) is 14.3. The molecule has 1 fully saturated rings. The number of amides is 2. The van der Waals surface area contributed by atoms with E-state index < -0.39 is 0 Å². The van der Waals surface area contributed by atoms with Gasteiger partial charge in [-0.25, -0.2) is 14.8 Å². The van der Waals surface area contributed by atoms with Gasteiger partial charge >= 0.3 is 6.03 Å². The van der Waals surface area contributed by atoms with Crippen molar-refractivity contribution >= 4 is 6.03 Å². The van der Waals surface area contributed by atoms with E-state index in [1.54, 1.807) is 12.4 Å². The quantitative estimate of drug-likeness (QED) is 0.907. The Kier molecular flexibility index (Phi) is 5.13. The lowest BCUT2D eigenvalue weighted by atomic mass is 9.87. The maximum Gasteiger partial charge on any atom is 0.315 e. The molecule has 2 heterocycles. The molecular weight excluding hydrogens is 302 g/mol. The van der Waals surface area contributed by atoms with Crippen LogP contribution < -0.4 is 10.6 Å². The normalized spacial score (nSPS) is 20.6. The molecule has 1 aliphatic rings. The molecule has 0 bridgehead atoms. The Hall–Kier alpha value is -2.37. The standard InChI is InChI=1S/C18H25N5O/c1-13-4-3-5-16(10-13)22-18(24)21-12-15-6-7-17(20-11-15)23-9-8-19-14(23)2/h6-9,11,13,16H,3-5,10,12H2,1-2H3,(H2,21,22,24)/t13-,16+/m0/s1. The third-order valence-corrected chi connectivity index (χ3v) is 4.61. The Bertz CT molecular complexity index is 679. The Morgan fingerprint density at radius 1 is 1.33 bits per heavy atom. The monoisotopic (exact) mass is 327 g/mol. The summed E-state index contributed by atoms with van der Waals surface area (Å²) in [6, 6.07) is 4.12. The van der Waals surface area contributed by atoms with Crippen molar-refractivity contribution in [2.45, 2.75) is 52.1 Å². The van der Waals surface area contributed by atoms with Gasteiger partial charge in [-0.05, 0) is 37.3 Å². The minimum atomic E-state index is -0.0939. The Labute approximate surface area is 142 Å². The summed E-state index contributed by atoms with van der Waals surface area (Å²) in [7, 11) is 0. The number of nitrogens with one attached hydrogen (secondary N) is 2. The maximum atomic E-state index is 12.0. The summed E-state index contributed by atoms with van der Waals surface area (Å²) in [5.74, 6) is 2.43. The number of hydrogen-bond acceptors (Lipinski definition) is 3. The van der Waals surface area contributed by atoms with Crippen molar-refractivity contribution in [3.05, 3.63) is 42.1 Å². The summed E-state index contributed by atoms with van der Waals surface area (Å²) in [4.78, 5) is 20.7. The molecule has 6 nitrogen and oxygen atoms in total. The number of nitrogens with zero attached hydrogens (tertiary/aromatic N) is 3. The zero-order chi connectivity index (χ0) is 16.9. The fourth-order valence-electron chi connectivity index (χ4n) is 3.27. The van der Waals surface area contributed by atoms with Gasteiger partial charge in [-0.1, -0.05) is 25.8 Å². The molecule has 2 N–H and O–H groups in total. The minimum absolute atomic E-state index is 0.0939. The van der Waals surface area contributed by atoms with Crippen LogP contribution in [0.4, 0.5) is 4.79 Å². The van der Waals surface area contributed by atoms with E-state index in [9.17, 15) is 4.79 Å². The van der Waals surface area contributed by atoms with Crippen LogP contribution in [0.3, 0.4) is 0 Å². The minimum Gasteiger partial charge on any atom is -0.335 e. The molecule has 0 radical (unpaired) electrons. The molecule has 6 heteroatoms. The van der Waals surface area contributed by atoms with Crippen molar-refractivity contribution in [3.8, 4) is 5.82 Å². The van der Waals surface area contributed by atoms with Gasteiger partial charge in [-0.3, -0.25) is 4.57 Å². The second-order valence-corrected chi connectivity index (χ2v) is 6.66. The number of aromatic nitrogens is 3. The average molecular weight is 327 g/mol. The van der Waals surface area contributed by atoms with Crippen molar-refractivity contribution in [1.29, 1.82) is 0 Å². The van der Waals surface area contributed by atoms with E-state index in [0.29, 0.717) is 18.5 Å². The van der Waals surface area contributed by atoms with Crippen LogP contribution in [-0.2, 0) is 6.54 Å². The number of urea groups is 1. The van der Waals surface area contributed by atoms with Gasteiger partial charge in [-0.2, -0.15) is 0 Å². The maximum absolute atomic E-state index is 12.0. The third kappa shape index (κ3) is 4.13. The summed E-state index contributed by atoms with van der Waals surface area (Å²) in [6.45, 7) is 4.67. The topological polar surface area (TPSA) is 71.8 Å². The molecule has 2 atom stereocenters. The van der Waals surface area contributed by atoms with Gasteiger partial charge in [0, 0.05) is 31.2 Å². The van der Waals surface area contributed by atoms with E-state index in [4.69, 9.17) is 0 Å². The number of rotatable bonds is 4. The van der Waals surface area contributed by atoms with E-state index in [1.807, 2.05) is 29.8 Å². The Morgan fingerprint density at radius 3 is 2.88 bits per heavy atom. The van der Waals surface area contributed by atoms with Crippen LogP contribution in [-0.4, -0.2) is 26.6 Å². The fourth-order valence-corrected chi connectivity index (χ4v) is 3.27. The molecule has 0 spiro atoms. The summed E-state index contributed by atoms with van der Waals surface area (Å²) in [6.07, 6.45) is 10.1. The van der Waals surface area contributed by atoms with Crippen LogP contribution >= 0.6 is 0 Å². The zero-order valence-electron chi connectivity index (χ0n) is 14.3. The number of hydrogen-bond donors (Lipinski definition) is 2. The molecule has 0 saturated heterocycles. The number of imidazole rings is 1. The Balaban J connectivity index is 1.49. The average Bonchev–Trinajstić information content (AvgIpc) is 2.99. The van der Waals surface area contributed by atoms with E-state index in [1.165, 1.54) is 12.8 Å². The highest BCUT2D eigenvalue weighted by atomic mass is 16.2. The van der Waals surface area contributed by atoms with Gasteiger partial charge in [-0.15, -0.1) is 0 Å². The van der Waals surface area contributed by atoms with Crippen LogP contribution in [0, 0.1) is 12.8 Å². The predicted molar refractivity (Wildman–Crippen MR) is 92.9 cm³/mol. The number of pyridine rings is 1. The van der Waals surface area contributed by atoms with E-state index >= 15 is 0 Å². The summed E-state index contributed by atoms with van der Waals surface area (Å²) in [5, 5.41) is 6.00. The van der Waals surface area contributed by atoms with E-state index in [2.05, 4.69) is 27.5 Å². The second kappa shape index (κ2) is 7.47. The number of carbonyl (C=O) groups is 1. The highest BCUT2D eigenvalue weighted by Gasteiger charge is 2.20. The first kappa shape index (κ1) is 16.5. The lowest BCUT2D eigenvalue weighted by Gasteiger charge is -2.27. The fraction of sp³-hybridized carbons (Fsp3) is 0.500. The Morgan fingerprint density at radius 2 is 2.21 bits per heavy atom. The summed E-state index contributed by atoms with van der Waals surface area (Å²) >= 11 is 0. The lowest BCUT2D eigenvalue weighted by Crippen LogP contribution is -2.43. The van der Waals surface area contributed by atoms with Crippen molar-refractivity contribution < 1.29 is 4.79 Å². The SMILES string of the molecule is Cc1nccn1-c1ccc(CNC(=O)N[C@@H]2CCC[C@H](C)C2)cn1. The van der Waals surface area contributed by atoms with Gasteiger partial charge in [0.15, 0.2) is 0 Å². The largest absolute Gasteiger partial charge is 0.335 e. The first-order valence-corrected chi connectivity index (χ1v) is 8.61. The van der Waals surface area contributed by atoms with Crippen LogP contribution in [0.5, 0.6) is 0 Å². The molecular formula is C18H25N5O. The van der Waals surface area contributed by atoms with Gasteiger partial charge in [0.1, 0.15) is 11.6 Å². The lowest BCUT2D eigenvalue weighted by molar-refractivity contribution is 0.227. The molecule has 2 amide bonds. The third-order valence-electron chi connectivity index (χ3n) is 4.61. The summed E-state index contributed by atoms with van der Waals surface area (Å²) < 4.78 is 1.92. The summed E-state index contributed by atoms with van der Waals surface area (Å²) in [5.41, 5.74) is 0.976. The smallest absolute Gasteiger partial charge is 0.315 e. The molecule has 1 saturated carbocycles. The van der Waals surface area contributed by atoms with Gasteiger partial charge < -0.3 is 10.6 Å². The van der Waals surface area contributed by atoms with Crippen molar-refractivity contribution in [2.75, 3.05) is 0 Å². The van der Waals surface area contributed by atoms with Gasteiger partial charge in [0.2, 0.25) is 0 Å². The van der Waals surface area contributed by atoms with Crippen molar-refractivity contribution in [2.24, 2.45) is 5.92 Å². The molecule has 0 aliphatic heterocycles. The highest BCUT2D eigenvalue weighted by Crippen LogP contribution is 2.23. The van der Waals surface area contributed by atoms with Crippen LogP contribution in [0.2, 0.25) is 0 Å².